The van der Waals surface area contributed by atoms with Gasteiger partial charge in [-0.15, -0.1) is 0 Å². The minimum Gasteiger partial charge on any atom is -0.472 e. The van der Waals surface area contributed by atoms with Gasteiger partial charge >= 0.3 is 0 Å². The molecule has 3 rings (SSSR count). The lowest BCUT2D eigenvalue weighted by Crippen LogP contribution is -2.40. The Labute approximate surface area is 154 Å². The van der Waals surface area contributed by atoms with Gasteiger partial charge in [0.2, 0.25) is 5.88 Å². The maximum atomic E-state index is 5.95. The van der Waals surface area contributed by atoms with Crippen molar-refractivity contribution in [3.63, 3.8) is 0 Å². The van der Waals surface area contributed by atoms with E-state index in [1.807, 2.05) is 56.5 Å². The smallest absolute Gasteiger partial charge is 0.213 e. The minimum absolute atomic E-state index is 0.129. The first-order valence-corrected chi connectivity index (χ1v) is 8.81. The lowest BCUT2D eigenvalue weighted by Gasteiger charge is -2.21. The van der Waals surface area contributed by atoms with Crippen LogP contribution in [0.2, 0.25) is 0 Å². The molecule has 2 aromatic heterocycles. The first-order chi connectivity index (χ1) is 12.7. The van der Waals surface area contributed by atoms with Gasteiger partial charge in [-0.2, -0.15) is 0 Å². The van der Waals surface area contributed by atoms with Crippen molar-refractivity contribution in [2.75, 3.05) is 39.1 Å². The van der Waals surface area contributed by atoms with E-state index in [1.165, 1.54) is 0 Å². The normalized spacial score (nSPS) is 17.3. The lowest BCUT2D eigenvalue weighted by molar-refractivity contribution is 0.205. The van der Waals surface area contributed by atoms with E-state index in [0.717, 1.165) is 36.9 Å². The number of hydrogen-bond donors (Lipinski definition) is 1. The highest BCUT2D eigenvalue weighted by molar-refractivity contribution is 5.80. The van der Waals surface area contributed by atoms with Gasteiger partial charge in [0.25, 0.3) is 0 Å². The molecule has 7 heteroatoms. The van der Waals surface area contributed by atoms with Gasteiger partial charge in [0.1, 0.15) is 11.9 Å². The summed E-state index contributed by atoms with van der Waals surface area (Å²) in [6.45, 7) is 2.40. The first-order valence-electron chi connectivity index (χ1n) is 8.81. The van der Waals surface area contributed by atoms with Crippen LogP contribution in [0.3, 0.4) is 0 Å². The molecule has 0 bridgehead atoms. The van der Waals surface area contributed by atoms with Crippen LogP contribution < -0.4 is 15.0 Å². The quantitative estimate of drug-likeness (QED) is 0.652. The lowest BCUT2D eigenvalue weighted by atomic mass is 10.3. The van der Waals surface area contributed by atoms with Crippen LogP contribution in [0.25, 0.3) is 0 Å². The molecule has 138 valence electrons. The van der Waals surface area contributed by atoms with E-state index in [2.05, 4.69) is 31.2 Å². The summed E-state index contributed by atoms with van der Waals surface area (Å²) in [6.07, 6.45) is 4.73. The van der Waals surface area contributed by atoms with Gasteiger partial charge in [-0.25, -0.2) is 9.97 Å². The molecule has 0 aromatic carbocycles. The Morgan fingerprint density at radius 2 is 2.19 bits per heavy atom. The number of rotatable bonds is 5. The molecule has 7 nitrogen and oxygen atoms in total. The van der Waals surface area contributed by atoms with Crippen LogP contribution in [0.15, 0.2) is 47.7 Å². The topological polar surface area (TPSA) is 65.9 Å². The fourth-order valence-electron chi connectivity index (χ4n) is 2.90. The molecule has 0 aliphatic carbocycles. The Morgan fingerprint density at radius 3 is 2.85 bits per heavy atom. The van der Waals surface area contributed by atoms with Crippen molar-refractivity contribution in [1.29, 1.82) is 0 Å². The van der Waals surface area contributed by atoms with Crippen LogP contribution in [-0.4, -0.2) is 61.2 Å². The Balaban J connectivity index is 1.51. The van der Waals surface area contributed by atoms with E-state index >= 15 is 0 Å². The number of ether oxygens (including phenoxy) is 1. The number of hydrogen-bond acceptors (Lipinski definition) is 5. The van der Waals surface area contributed by atoms with Gasteiger partial charge in [0.05, 0.1) is 6.54 Å². The zero-order chi connectivity index (χ0) is 18.4. The molecule has 26 heavy (non-hydrogen) atoms. The molecule has 0 spiro atoms. The second-order valence-corrected chi connectivity index (χ2v) is 6.46. The molecule has 0 amide bonds. The Hall–Kier alpha value is -2.83. The summed E-state index contributed by atoms with van der Waals surface area (Å²) in [5, 5.41) is 3.41. The molecule has 1 unspecified atom stereocenters. The highest BCUT2D eigenvalue weighted by Gasteiger charge is 2.26. The number of nitrogens with one attached hydrogen (secondary N) is 1. The monoisotopic (exact) mass is 354 g/mol. The van der Waals surface area contributed by atoms with Crippen molar-refractivity contribution in [3.05, 3.63) is 48.3 Å². The van der Waals surface area contributed by atoms with Gasteiger partial charge in [0, 0.05) is 59.1 Å². The molecule has 1 fully saturated rings. The largest absolute Gasteiger partial charge is 0.472 e. The Kier molecular flexibility index (Phi) is 5.88. The predicted octanol–water partition coefficient (Wildman–Crippen LogP) is 1.77. The predicted molar refractivity (Wildman–Crippen MR) is 104 cm³/mol. The summed E-state index contributed by atoms with van der Waals surface area (Å²) in [7, 11) is 5.78. The molecule has 1 saturated heterocycles. The van der Waals surface area contributed by atoms with Crippen LogP contribution in [0, 0.1) is 0 Å². The number of aromatic nitrogens is 2. The molecule has 1 aliphatic heterocycles. The van der Waals surface area contributed by atoms with Crippen molar-refractivity contribution in [2.45, 2.75) is 19.1 Å². The third kappa shape index (κ3) is 4.62. The van der Waals surface area contributed by atoms with E-state index in [9.17, 15) is 0 Å². The highest BCUT2D eigenvalue weighted by Crippen LogP contribution is 2.16. The molecular weight excluding hydrogens is 328 g/mol. The van der Waals surface area contributed by atoms with Crippen molar-refractivity contribution in [2.24, 2.45) is 4.99 Å². The van der Waals surface area contributed by atoms with Gasteiger partial charge in [-0.05, 0) is 17.7 Å². The van der Waals surface area contributed by atoms with Gasteiger partial charge < -0.3 is 19.9 Å². The Bertz CT molecular complexity index is 717. The molecule has 1 aliphatic rings. The van der Waals surface area contributed by atoms with Crippen LogP contribution in [0.4, 0.5) is 5.82 Å². The third-order valence-electron chi connectivity index (χ3n) is 4.30. The van der Waals surface area contributed by atoms with Crippen LogP contribution >= 0.6 is 0 Å². The molecule has 0 radical (unpaired) electrons. The summed E-state index contributed by atoms with van der Waals surface area (Å²) >= 11 is 0. The SMILES string of the molecule is CN=C(NCc1ccc(N(C)C)nc1)N1CCC(Oc2ccccn2)C1. The van der Waals surface area contributed by atoms with Crippen LogP contribution in [0.5, 0.6) is 5.88 Å². The van der Waals surface area contributed by atoms with Crippen LogP contribution in [-0.2, 0) is 6.54 Å². The van der Waals surface area contributed by atoms with E-state index < -0.39 is 0 Å². The van der Waals surface area contributed by atoms with Crippen LogP contribution in [0.1, 0.15) is 12.0 Å². The number of likely N-dealkylation sites (tertiary alicyclic amines) is 1. The van der Waals surface area contributed by atoms with Crippen molar-refractivity contribution in [3.8, 4) is 5.88 Å². The number of pyridine rings is 2. The molecule has 3 heterocycles. The fourth-order valence-corrected chi connectivity index (χ4v) is 2.90. The first kappa shape index (κ1) is 18.0. The zero-order valence-electron chi connectivity index (χ0n) is 15.6. The summed E-state index contributed by atoms with van der Waals surface area (Å²) in [6, 6.07) is 9.82. The third-order valence-corrected chi connectivity index (χ3v) is 4.30. The zero-order valence-corrected chi connectivity index (χ0v) is 15.6. The Morgan fingerprint density at radius 1 is 1.31 bits per heavy atom. The molecule has 1 N–H and O–H groups in total. The van der Waals surface area contributed by atoms with Crippen molar-refractivity contribution >= 4 is 11.8 Å². The maximum absolute atomic E-state index is 5.95. The molecule has 0 saturated carbocycles. The summed E-state index contributed by atoms with van der Waals surface area (Å²) < 4.78 is 5.95. The van der Waals surface area contributed by atoms with Crippen molar-refractivity contribution in [1.82, 2.24) is 20.2 Å². The standard InChI is InChI=1S/C19H26N6O/c1-20-19(23-13-15-7-8-17(22-12-15)24(2)3)25-11-9-16(14-25)26-18-6-4-5-10-21-18/h4-8,10,12,16H,9,11,13-14H2,1-3H3,(H,20,23). The summed E-state index contributed by atoms with van der Waals surface area (Å²) in [4.78, 5) is 17.3. The van der Waals surface area contributed by atoms with E-state index in [1.54, 1.807) is 6.20 Å². The number of nitrogens with zero attached hydrogens (tertiary/aromatic N) is 5. The molecule has 1 atom stereocenters. The number of anilines is 1. The van der Waals surface area contributed by atoms with Gasteiger partial charge in [-0.3, -0.25) is 4.99 Å². The average Bonchev–Trinajstić information content (AvgIpc) is 3.12. The molecular formula is C19H26N6O. The van der Waals surface area contributed by atoms with E-state index in [-0.39, 0.29) is 6.10 Å². The maximum Gasteiger partial charge on any atom is 0.213 e. The van der Waals surface area contributed by atoms with Gasteiger partial charge in [0.15, 0.2) is 5.96 Å². The van der Waals surface area contributed by atoms with Crippen molar-refractivity contribution < 1.29 is 4.74 Å². The highest BCUT2D eigenvalue weighted by atomic mass is 16.5. The van der Waals surface area contributed by atoms with E-state index in [0.29, 0.717) is 12.4 Å². The number of guanidine groups is 1. The second kappa shape index (κ2) is 8.51. The fraction of sp³-hybridized carbons (Fsp3) is 0.421. The van der Waals surface area contributed by atoms with E-state index in [4.69, 9.17) is 4.74 Å². The summed E-state index contributed by atoms with van der Waals surface area (Å²) in [5.74, 6) is 2.51. The molecule has 2 aromatic rings. The summed E-state index contributed by atoms with van der Waals surface area (Å²) in [5.41, 5.74) is 1.12. The number of aliphatic imine (C=N–C) groups is 1. The minimum atomic E-state index is 0.129. The average molecular weight is 354 g/mol. The second-order valence-electron chi connectivity index (χ2n) is 6.46. The van der Waals surface area contributed by atoms with Gasteiger partial charge in [-0.1, -0.05) is 12.1 Å².